The highest BCUT2D eigenvalue weighted by molar-refractivity contribution is 6.29. The van der Waals surface area contributed by atoms with Crippen LogP contribution in [0.4, 0.5) is 11.4 Å². The van der Waals surface area contributed by atoms with Gasteiger partial charge in [0.2, 0.25) is 5.91 Å². The van der Waals surface area contributed by atoms with Gasteiger partial charge in [0.05, 0.1) is 11.0 Å². The Hall–Kier alpha value is -2.02. The molecule has 1 N–H and O–H groups in total. The number of benzene rings is 1. The Kier molecular flexibility index (Phi) is 3.52. The summed E-state index contributed by atoms with van der Waals surface area (Å²) in [5.74, 6) is -0.170. The number of amides is 1. The molecule has 0 spiro atoms. The molecule has 18 heavy (non-hydrogen) atoms. The number of nitrogens with one attached hydrogen (secondary N) is 1. The molecule has 1 aromatic carbocycles. The molecule has 1 aromatic rings. The predicted octanol–water partition coefficient (Wildman–Crippen LogP) is 1.54. The minimum absolute atomic E-state index is 0.0369. The number of rotatable bonds is 3. The molecule has 0 aromatic heterocycles. The molecule has 1 aliphatic heterocycles. The van der Waals surface area contributed by atoms with Gasteiger partial charge in [0.25, 0.3) is 5.69 Å². The van der Waals surface area contributed by atoms with Crippen LogP contribution in [0.5, 0.6) is 11.5 Å². The van der Waals surface area contributed by atoms with Crippen LogP contribution in [-0.2, 0) is 4.79 Å². The SMILES string of the molecule is O=C(CCl)Nc1cc2c(cc1[N+](=O)[O-])OCCO2. The molecule has 0 atom stereocenters. The summed E-state index contributed by atoms with van der Waals surface area (Å²) in [6.45, 7) is 0.686. The minimum Gasteiger partial charge on any atom is -0.486 e. The van der Waals surface area contributed by atoms with Crippen molar-refractivity contribution in [1.82, 2.24) is 0 Å². The van der Waals surface area contributed by atoms with Gasteiger partial charge in [-0.3, -0.25) is 14.9 Å². The van der Waals surface area contributed by atoms with Crippen molar-refractivity contribution in [2.75, 3.05) is 24.4 Å². The van der Waals surface area contributed by atoms with E-state index in [1.165, 1.54) is 12.1 Å². The summed E-state index contributed by atoms with van der Waals surface area (Å²) in [4.78, 5) is 21.5. The molecule has 7 nitrogen and oxygen atoms in total. The van der Waals surface area contributed by atoms with Crippen molar-refractivity contribution in [2.24, 2.45) is 0 Å². The fraction of sp³-hybridized carbons (Fsp3) is 0.300. The molecule has 1 aliphatic rings. The summed E-state index contributed by atoms with van der Waals surface area (Å²) in [6.07, 6.45) is 0. The van der Waals surface area contributed by atoms with Crippen LogP contribution < -0.4 is 14.8 Å². The van der Waals surface area contributed by atoms with Crippen molar-refractivity contribution in [3.63, 3.8) is 0 Å². The van der Waals surface area contributed by atoms with Crippen molar-refractivity contribution >= 4 is 28.9 Å². The fourth-order valence-electron chi connectivity index (χ4n) is 1.51. The first kappa shape index (κ1) is 12.4. The number of carbonyl (C=O) groups excluding carboxylic acids is 1. The molecule has 96 valence electrons. The largest absolute Gasteiger partial charge is 0.486 e. The third-order valence-electron chi connectivity index (χ3n) is 2.25. The maximum Gasteiger partial charge on any atom is 0.296 e. The average Bonchev–Trinajstić information content (AvgIpc) is 2.37. The van der Waals surface area contributed by atoms with Gasteiger partial charge in [0.1, 0.15) is 24.8 Å². The summed E-state index contributed by atoms with van der Waals surface area (Å²) in [7, 11) is 0. The lowest BCUT2D eigenvalue weighted by atomic mass is 10.2. The monoisotopic (exact) mass is 272 g/mol. The van der Waals surface area contributed by atoms with E-state index in [-0.39, 0.29) is 23.0 Å². The number of halogens is 1. The van der Waals surface area contributed by atoms with Crippen LogP contribution in [0.2, 0.25) is 0 Å². The van der Waals surface area contributed by atoms with Crippen molar-refractivity contribution in [3.8, 4) is 11.5 Å². The zero-order valence-electron chi connectivity index (χ0n) is 9.14. The summed E-state index contributed by atoms with van der Waals surface area (Å²) < 4.78 is 10.5. The molecule has 0 bridgehead atoms. The van der Waals surface area contributed by atoms with Gasteiger partial charge >= 0.3 is 0 Å². The number of ether oxygens (including phenoxy) is 2. The Labute approximate surface area is 107 Å². The van der Waals surface area contributed by atoms with Gasteiger partial charge in [-0.25, -0.2) is 0 Å². The molecule has 2 rings (SSSR count). The molecular formula is C10H9ClN2O5. The quantitative estimate of drug-likeness (QED) is 0.512. The molecule has 0 aliphatic carbocycles. The van der Waals surface area contributed by atoms with Gasteiger partial charge in [-0.1, -0.05) is 0 Å². The van der Waals surface area contributed by atoms with Crippen molar-refractivity contribution in [3.05, 3.63) is 22.2 Å². The Balaban J connectivity index is 2.42. The van der Waals surface area contributed by atoms with E-state index in [2.05, 4.69) is 5.32 Å². The van der Waals surface area contributed by atoms with Crippen LogP contribution >= 0.6 is 11.6 Å². The second-order valence-corrected chi connectivity index (χ2v) is 3.72. The van der Waals surface area contributed by atoms with E-state index in [4.69, 9.17) is 21.1 Å². The lowest BCUT2D eigenvalue weighted by molar-refractivity contribution is -0.384. The average molecular weight is 273 g/mol. The van der Waals surface area contributed by atoms with Crippen LogP contribution in [-0.4, -0.2) is 29.9 Å². The number of nitrogens with zero attached hydrogens (tertiary/aromatic N) is 1. The van der Waals surface area contributed by atoms with Crippen molar-refractivity contribution < 1.29 is 19.2 Å². The Morgan fingerprint density at radius 3 is 2.56 bits per heavy atom. The zero-order chi connectivity index (χ0) is 13.1. The second-order valence-electron chi connectivity index (χ2n) is 3.45. The smallest absolute Gasteiger partial charge is 0.296 e. The number of alkyl halides is 1. The lowest BCUT2D eigenvalue weighted by Crippen LogP contribution is -2.17. The van der Waals surface area contributed by atoms with E-state index in [1.807, 2.05) is 0 Å². The van der Waals surface area contributed by atoms with Gasteiger partial charge < -0.3 is 14.8 Å². The number of carbonyl (C=O) groups is 1. The molecule has 0 saturated carbocycles. The molecule has 0 fully saturated rings. The highest BCUT2D eigenvalue weighted by Gasteiger charge is 2.23. The molecule has 1 heterocycles. The topological polar surface area (TPSA) is 90.7 Å². The number of hydrogen-bond acceptors (Lipinski definition) is 5. The predicted molar refractivity (Wildman–Crippen MR) is 63.4 cm³/mol. The van der Waals surface area contributed by atoms with E-state index < -0.39 is 10.8 Å². The fourth-order valence-corrected chi connectivity index (χ4v) is 1.58. The van der Waals surface area contributed by atoms with E-state index >= 15 is 0 Å². The highest BCUT2D eigenvalue weighted by Crippen LogP contribution is 2.39. The third kappa shape index (κ3) is 2.45. The second kappa shape index (κ2) is 5.09. The summed E-state index contributed by atoms with van der Waals surface area (Å²) in [6, 6.07) is 2.58. The molecule has 1 amide bonds. The van der Waals surface area contributed by atoms with Crippen LogP contribution in [0.25, 0.3) is 0 Å². The number of hydrogen-bond donors (Lipinski definition) is 1. The van der Waals surface area contributed by atoms with Crippen LogP contribution in [0.1, 0.15) is 0 Å². The number of nitro benzene ring substituents is 1. The third-order valence-corrected chi connectivity index (χ3v) is 2.50. The first-order valence-corrected chi connectivity index (χ1v) is 5.59. The van der Waals surface area contributed by atoms with Gasteiger partial charge in [0.15, 0.2) is 11.5 Å². The van der Waals surface area contributed by atoms with Crippen LogP contribution in [0.3, 0.4) is 0 Å². The normalized spacial score (nSPS) is 12.9. The van der Waals surface area contributed by atoms with Gasteiger partial charge in [0, 0.05) is 6.07 Å². The van der Waals surface area contributed by atoms with Crippen molar-refractivity contribution in [2.45, 2.75) is 0 Å². The zero-order valence-corrected chi connectivity index (χ0v) is 9.90. The van der Waals surface area contributed by atoms with Crippen molar-refractivity contribution in [1.29, 1.82) is 0 Å². The van der Waals surface area contributed by atoms with E-state index in [0.29, 0.717) is 19.0 Å². The molecule has 0 unspecified atom stereocenters. The van der Waals surface area contributed by atoms with Gasteiger partial charge in [-0.2, -0.15) is 0 Å². The van der Waals surface area contributed by atoms with E-state index in [0.717, 1.165) is 0 Å². The Morgan fingerprint density at radius 2 is 2.00 bits per heavy atom. The number of fused-ring (bicyclic) bond motifs is 1. The molecule has 0 radical (unpaired) electrons. The maximum absolute atomic E-state index is 11.2. The molecule has 0 saturated heterocycles. The van der Waals surface area contributed by atoms with E-state index in [9.17, 15) is 14.9 Å². The lowest BCUT2D eigenvalue weighted by Gasteiger charge is -2.19. The van der Waals surface area contributed by atoms with Gasteiger partial charge in [-0.15, -0.1) is 11.6 Å². The van der Waals surface area contributed by atoms with E-state index in [1.54, 1.807) is 0 Å². The minimum atomic E-state index is -0.609. The maximum atomic E-state index is 11.2. The Morgan fingerprint density at radius 1 is 1.39 bits per heavy atom. The summed E-state index contributed by atoms with van der Waals surface area (Å²) in [5.41, 5.74) is -0.229. The first-order chi connectivity index (χ1) is 8.61. The van der Waals surface area contributed by atoms with Crippen LogP contribution in [0, 0.1) is 10.1 Å². The molecule has 8 heteroatoms. The first-order valence-electron chi connectivity index (χ1n) is 5.05. The molecular weight excluding hydrogens is 264 g/mol. The standard InChI is InChI=1S/C10H9ClN2O5/c11-5-10(14)12-6-3-8-9(18-2-1-17-8)4-7(6)13(15)16/h3-4H,1-2,5H2,(H,12,14). The number of nitro groups is 1. The van der Waals surface area contributed by atoms with Crippen LogP contribution in [0.15, 0.2) is 12.1 Å². The highest BCUT2D eigenvalue weighted by atomic mass is 35.5. The summed E-state index contributed by atoms with van der Waals surface area (Å²) >= 11 is 5.34. The number of anilines is 1. The van der Waals surface area contributed by atoms with Gasteiger partial charge in [-0.05, 0) is 0 Å². The summed E-state index contributed by atoms with van der Waals surface area (Å²) in [5, 5.41) is 13.2. The Bertz CT molecular complexity index is 505.